The van der Waals surface area contributed by atoms with Gasteiger partial charge in [-0.3, -0.25) is 18.7 Å². The Hall–Kier alpha value is -5.10. The van der Waals surface area contributed by atoms with Crippen LogP contribution >= 0.6 is 0 Å². The Labute approximate surface area is 210 Å². The molecule has 0 atom stereocenters. The largest absolute Gasteiger partial charge is 0.493 e. The normalized spacial score (nSPS) is 10.6. The number of aromatic nitrogens is 4. The highest BCUT2D eigenvalue weighted by Gasteiger charge is 2.17. The average Bonchev–Trinajstić information content (AvgIpc) is 2.93. The van der Waals surface area contributed by atoms with Gasteiger partial charge in [-0.2, -0.15) is 10.5 Å². The second-order valence-electron chi connectivity index (χ2n) is 7.81. The molecule has 0 amide bonds. The van der Waals surface area contributed by atoms with Crippen LogP contribution in [0.25, 0.3) is 21.8 Å². The fourth-order valence-corrected chi connectivity index (χ4v) is 4.07. The van der Waals surface area contributed by atoms with Gasteiger partial charge in [0.25, 0.3) is 11.1 Å². The van der Waals surface area contributed by atoms with Gasteiger partial charge in [0.1, 0.15) is 12.1 Å². The van der Waals surface area contributed by atoms with Crippen LogP contribution in [0.15, 0.2) is 33.9 Å². The number of benzene rings is 2. The first-order valence-electron chi connectivity index (χ1n) is 11.0. The number of fused-ring (bicyclic) bond motifs is 2. The van der Waals surface area contributed by atoms with Crippen molar-refractivity contribution in [1.82, 2.24) is 19.1 Å². The van der Waals surface area contributed by atoms with E-state index >= 15 is 0 Å². The molecule has 0 aliphatic rings. The minimum Gasteiger partial charge on any atom is -0.493 e. The van der Waals surface area contributed by atoms with E-state index in [1.54, 1.807) is 0 Å². The lowest BCUT2D eigenvalue weighted by atomic mass is 10.2. The maximum absolute atomic E-state index is 13.2. The molecule has 0 fully saturated rings. The zero-order valence-corrected chi connectivity index (χ0v) is 20.6. The van der Waals surface area contributed by atoms with Crippen molar-refractivity contribution in [2.24, 2.45) is 0 Å². The van der Waals surface area contributed by atoms with Gasteiger partial charge in [0.05, 0.1) is 50.2 Å². The van der Waals surface area contributed by atoms with Crippen LogP contribution in [0.3, 0.4) is 0 Å². The van der Waals surface area contributed by atoms with Crippen LogP contribution in [0.1, 0.15) is 18.1 Å². The molecule has 2 aromatic heterocycles. The van der Waals surface area contributed by atoms with Crippen molar-refractivity contribution in [1.29, 1.82) is 10.5 Å². The summed E-state index contributed by atoms with van der Waals surface area (Å²) in [6.07, 6.45) is 0.240. The number of hydrogen-bond donors (Lipinski definition) is 0. The Morgan fingerprint density at radius 2 is 1.03 bits per heavy atom. The minimum atomic E-state index is -0.441. The van der Waals surface area contributed by atoms with Crippen LogP contribution in [0.2, 0.25) is 0 Å². The highest BCUT2D eigenvalue weighted by atomic mass is 16.5. The smallest absolute Gasteiger partial charge is 0.262 e. The van der Waals surface area contributed by atoms with E-state index in [-0.39, 0.29) is 41.9 Å². The highest BCUT2D eigenvalue weighted by Crippen LogP contribution is 2.31. The molecule has 0 aliphatic heterocycles. The van der Waals surface area contributed by atoms with Gasteiger partial charge in [-0.25, -0.2) is 9.97 Å². The molecular formula is C25H22N6O6. The van der Waals surface area contributed by atoms with Gasteiger partial charge in [-0.15, -0.1) is 0 Å². The molecule has 0 aliphatic carbocycles. The van der Waals surface area contributed by atoms with E-state index in [4.69, 9.17) is 18.9 Å². The quantitative estimate of drug-likeness (QED) is 0.349. The molecule has 4 aromatic rings. The molecule has 2 aromatic carbocycles. The van der Waals surface area contributed by atoms with Gasteiger partial charge in [-0.1, -0.05) is 0 Å². The van der Waals surface area contributed by atoms with E-state index in [1.165, 1.54) is 61.8 Å². The predicted molar refractivity (Wildman–Crippen MR) is 132 cm³/mol. The molecule has 0 radical (unpaired) electrons. The number of nitrogens with zero attached hydrogens (tertiary/aromatic N) is 6. The standard InChI is InChI=1S/C25H22N6O6/c1-34-18-8-14-16(10-20(18)36-3)28-22(12-26)30(24(14)32)6-5-7-31-23(13-27)29-17-11-21(37-4)19(35-2)9-15(17)25(31)33/h8-11H,5-7H2,1-4H3. The van der Waals surface area contributed by atoms with Crippen LogP contribution in [0.5, 0.6) is 23.0 Å². The van der Waals surface area contributed by atoms with Gasteiger partial charge in [-0.05, 0) is 18.6 Å². The molecule has 0 N–H and O–H groups in total. The highest BCUT2D eigenvalue weighted by molar-refractivity contribution is 5.83. The van der Waals surface area contributed by atoms with Crippen LogP contribution in [-0.4, -0.2) is 47.5 Å². The second-order valence-corrected chi connectivity index (χ2v) is 7.81. The third-order valence-electron chi connectivity index (χ3n) is 5.88. The van der Waals surface area contributed by atoms with Crippen molar-refractivity contribution in [3.63, 3.8) is 0 Å². The van der Waals surface area contributed by atoms with Gasteiger partial charge < -0.3 is 18.9 Å². The maximum Gasteiger partial charge on any atom is 0.262 e. The molecule has 0 unspecified atom stereocenters. The van der Waals surface area contributed by atoms with E-state index < -0.39 is 11.1 Å². The Kier molecular flexibility index (Phi) is 6.93. The summed E-state index contributed by atoms with van der Waals surface area (Å²) in [5, 5.41) is 19.7. The molecule has 0 spiro atoms. The third-order valence-corrected chi connectivity index (χ3v) is 5.88. The molecule has 12 heteroatoms. The number of nitriles is 2. The van der Waals surface area contributed by atoms with Crippen LogP contribution < -0.4 is 30.1 Å². The topological polar surface area (TPSA) is 154 Å². The molecule has 188 valence electrons. The van der Waals surface area contributed by atoms with E-state index in [1.807, 2.05) is 12.1 Å². The fraction of sp³-hybridized carbons (Fsp3) is 0.280. The van der Waals surface area contributed by atoms with Gasteiger partial charge in [0.2, 0.25) is 11.6 Å². The molecule has 4 rings (SSSR count). The minimum absolute atomic E-state index is 0.0697. The molecule has 0 bridgehead atoms. The van der Waals surface area contributed by atoms with Crippen molar-refractivity contribution in [2.75, 3.05) is 28.4 Å². The Balaban J connectivity index is 1.72. The molecule has 0 saturated heterocycles. The summed E-state index contributed by atoms with van der Waals surface area (Å²) < 4.78 is 23.5. The lowest BCUT2D eigenvalue weighted by molar-refractivity contribution is 0.355. The number of ether oxygens (including phenoxy) is 4. The molecule has 12 nitrogen and oxygen atoms in total. The van der Waals surface area contributed by atoms with Crippen molar-refractivity contribution in [2.45, 2.75) is 19.5 Å². The van der Waals surface area contributed by atoms with Crippen molar-refractivity contribution < 1.29 is 18.9 Å². The van der Waals surface area contributed by atoms with Gasteiger partial charge in [0, 0.05) is 25.2 Å². The van der Waals surface area contributed by atoms with Gasteiger partial charge >= 0.3 is 0 Å². The first-order valence-corrected chi connectivity index (χ1v) is 11.0. The zero-order chi connectivity index (χ0) is 26.7. The van der Waals surface area contributed by atoms with E-state index in [0.717, 1.165) is 0 Å². The lowest BCUT2D eigenvalue weighted by Gasteiger charge is -2.14. The van der Waals surface area contributed by atoms with E-state index in [9.17, 15) is 20.1 Å². The molecule has 0 saturated carbocycles. The summed E-state index contributed by atoms with van der Waals surface area (Å²) in [5.41, 5.74) is -0.296. The Bertz CT molecular complexity index is 1600. The van der Waals surface area contributed by atoms with Gasteiger partial charge in [0.15, 0.2) is 23.0 Å². The first kappa shape index (κ1) is 25.0. The summed E-state index contributed by atoms with van der Waals surface area (Å²) in [4.78, 5) is 35.1. The molecule has 2 heterocycles. The first-order chi connectivity index (χ1) is 17.9. The number of rotatable bonds is 8. The fourth-order valence-electron chi connectivity index (χ4n) is 4.07. The summed E-state index contributed by atoms with van der Waals surface area (Å²) >= 11 is 0. The average molecular weight is 502 g/mol. The van der Waals surface area contributed by atoms with E-state index in [0.29, 0.717) is 34.0 Å². The van der Waals surface area contributed by atoms with Crippen molar-refractivity contribution >= 4 is 21.8 Å². The lowest BCUT2D eigenvalue weighted by Crippen LogP contribution is -2.28. The van der Waals surface area contributed by atoms with Crippen LogP contribution in [0.4, 0.5) is 0 Å². The summed E-state index contributed by atoms with van der Waals surface area (Å²) in [6.45, 7) is 0.139. The predicted octanol–water partition coefficient (Wildman–Crippen LogP) is 1.97. The number of hydrogen-bond acceptors (Lipinski definition) is 10. The van der Waals surface area contributed by atoms with Crippen LogP contribution in [0, 0.1) is 22.7 Å². The van der Waals surface area contributed by atoms with Crippen molar-refractivity contribution in [3.8, 4) is 35.1 Å². The Morgan fingerprint density at radius 3 is 1.35 bits per heavy atom. The molecular weight excluding hydrogens is 480 g/mol. The maximum atomic E-state index is 13.2. The summed E-state index contributed by atoms with van der Waals surface area (Å²) in [7, 11) is 5.82. The summed E-state index contributed by atoms with van der Waals surface area (Å²) in [6, 6.07) is 9.97. The molecule has 37 heavy (non-hydrogen) atoms. The SMILES string of the molecule is COc1cc2nc(C#N)n(CCCn3c(C#N)nc4cc(OC)c(OC)cc4c3=O)c(=O)c2cc1OC. The van der Waals surface area contributed by atoms with Crippen molar-refractivity contribution in [3.05, 3.63) is 56.6 Å². The number of methoxy groups -OCH3 is 4. The summed E-state index contributed by atoms with van der Waals surface area (Å²) in [5.74, 6) is 1.28. The third kappa shape index (κ3) is 4.36. The monoisotopic (exact) mass is 502 g/mol. The van der Waals surface area contributed by atoms with E-state index in [2.05, 4.69) is 9.97 Å². The second kappa shape index (κ2) is 10.3. The zero-order valence-electron chi connectivity index (χ0n) is 20.6. The van der Waals surface area contributed by atoms with Crippen LogP contribution in [-0.2, 0) is 13.1 Å². The Morgan fingerprint density at radius 1 is 0.676 bits per heavy atom.